The summed E-state index contributed by atoms with van der Waals surface area (Å²) in [5.41, 5.74) is 3.85. The Hall–Kier alpha value is -2.91. The Morgan fingerprint density at radius 3 is 1.76 bits per heavy atom. The summed E-state index contributed by atoms with van der Waals surface area (Å²) in [6.45, 7) is 6.16. The minimum atomic E-state index is -0.104. The summed E-state index contributed by atoms with van der Waals surface area (Å²) in [6, 6.07) is 31.9. The second kappa shape index (κ2) is 11.3. The fourth-order valence-corrected chi connectivity index (χ4v) is 5.21. The maximum Gasteiger partial charge on any atom is 0.306 e. The number of rotatable bonds is 9. The first-order chi connectivity index (χ1) is 16.1. The van der Waals surface area contributed by atoms with Crippen molar-refractivity contribution in [2.45, 2.75) is 58.3 Å². The highest BCUT2D eigenvalue weighted by molar-refractivity contribution is 5.70. The van der Waals surface area contributed by atoms with Gasteiger partial charge in [0.15, 0.2) is 0 Å². The summed E-state index contributed by atoms with van der Waals surface area (Å²) in [5, 5.41) is 0. The molecule has 0 amide bonds. The Bertz CT molecular complexity index is 946. The maximum absolute atomic E-state index is 12.7. The molecule has 1 heterocycles. The third-order valence-electron chi connectivity index (χ3n) is 6.61. The molecule has 3 aromatic carbocycles. The van der Waals surface area contributed by atoms with Crippen molar-refractivity contribution in [1.29, 1.82) is 0 Å². The molecule has 0 bridgehead atoms. The zero-order valence-corrected chi connectivity index (χ0v) is 19.8. The number of nitrogens with zero attached hydrogens (tertiary/aromatic N) is 1. The lowest BCUT2D eigenvalue weighted by Gasteiger charge is -2.42. The van der Waals surface area contributed by atoms with Crippen LogP contribution in [0.2, 0.25) is 0 Å². The molecular weight excluding hydrogens is 406 g/mol. The molecule has 0 saturated carbocycles. The van der Waals surface area contributed by atoms with Crippen LogP contribution in [0.3, 0.4) is 0 Å². The van der Waals surface area contributed by atoms with E-state index in [4.69, 9.17) is 4.74 Å². The van der Waals surface area contributed by atoms with Gasteiger partial charge < -0.3 is 4.74 Å². The van der Waals surface area contributed by atoms with Gasteiger partial charge in [-0.25, -0.2) is 0 Å². The highest BCUT2D eigenvalue weighted by Gasteiger charge is 2.38. The molecular formula is C30H35NO2. The molecule has 3 aromatic rings. The van der Waals surface area contributed by atoms with E-state index < -0.39 is 0 Å². The van der Waals surface area contributed by atoms with Crippen LogP contribution in [0.4, 0.5) is 0 Å². The molecule has 3 atom stereocenters. The van der Waals surface area contributed by atoms with Gasteiger partial charge in [-0.15, -0.1) is 0 Å². The molecule has 0 radical (unpaired) electrons. The lowest BCUT2D eigenvalue weighted by Crippen LogP contribution is -2.50. The predicted octanol–water partition coefficient (Wildman–Crippen LogP) is 6.28. The summed E-state index contributed by atoms with van der Waals surface area (Å²) in [4.78, 5) is 15.2. The molecule has 33 heavy (non-hydrogen) atoms. The van der Waals surface area contributed by atoms with Gasteiger partial charge in [0, 0.05) is 25.6 Å². The van der Waals surface area contributed by atoms with Crippen molar-refractivity contribution in [2.75, 3.05) is 0 Å². The van der Waals surface area contributed by atoms with Crippen LogP contribution in [-0.2, 0) is 29.0 Å². The zero-order chi connectivity index (χ0) is 23.0. The average molecular weight is 442 g/mol. The third-order valence-corrected chi connectivity index (χ3v) is 6.61. The predicted molar refractivity (Wildman–Crippen MR) is 134 cm³/mol. The van der Waals surface area contributed by atoms with E-state index in [-0.39, 0.29) is 18.1 Å². The smallest absolute Gasteiger partial charge is 0.306 e. The summed E-state index contributed by atoms with van der Waals surface area (Å²) in [6.07, 6.45) is 2.23. The molecule has 4 rings (SSSR count). The normalized spacial score (nSPS) is 19.5. The van der Waals surface area contributed by atoms with Crippen LogP contribution in [0.25, 0.3) is 0 Å². The largest absolute Gasteiger partial charge is 0.461 e. The highest BCUT2D eigenvalue weighted by atomic mass is 16.5. The molecule has 1 fully saturated rings. The molecule has 172 valence electrons. The number of carbonyl (C=O) groups excluding carboxylic acids is 1. The molecule has 1 aliphatic heterocycles. The lowest BCUT2D eigenvalue weighted by atomic mass is 9.83. The number of esters is 1. The third kappa shape index (κ3) is 6.55. The van der Waals surface area contributed by atoms with Crippen LogP contribution in [-0.4, -0.2) is 23.0 Å². The SMILES string of the molecule is CC(C)[C@@H](C1CC(Cc2ccccc2)CC(=O)O1)N(Cc1ccccc1)Cc1ccccc1. The minimum absolute atomic E-state index is 0.0581. The van der Waals surface area contributed by atoms with Crippen molar-refractivity contribution in [3.8, 4) is 0 Å². The van der Waals surface area contributed by atoms with Crippen molar-refractivity contribution < 1.29 is 9.53 Å². The molecule has 0 N–H and O–H groups in total. The van der Waals surface area contributed by atoms with Gasteiger partial charge in [0.1, 0.15) is 6.10 Å². The molecule has 0 aromatic heterocycles. The fourth-order valence-electron chi connectivity index (χ4n) is 5.21. The number of hydrogen-bond acceptors (Lipinski definition) is 3. The van der Waals surface area contributed by atoms with Gasteiger partial charge in [-0.05, 0) is 41.4 Å². The van der Waals surface area contributed by atoms with Crippen LogP contribution in [0.1, 0.15) is 43.4 Å². The molecule has 2 unspecified atom stereocenters. The second-order valence-corrected chi connectivity index (χ2v) is 9.63. The van der Waals surface area contributed by atoms with E-state index in [1.165, 1.54) is 16.7 Å². The first kappa shape index (κ1) is 23.3. The van der Waals surface area contributed by atoms with Gasteiger partial charge in [-0.3, -0.25) is 9.69 Å². The van der Waals surface area contributed by atoms with E-state index in [2.05, 4.69) is 104 Å². The van der Waals surface area contributed by atoms with Gasteiger partial charge in [0.05, 0.1) is 0 Å². The number of cyclic esters (lactones) is 1. The molecule has 1 saturated heterocycles. The Morgan fingerprint density at radius 1 is 0.788 bits per heavy atom. The van der Waals surface area contributed by atoms with Crippen LogP contribution in [0.15, 0.2) is 91.0 Å². The molecule has 0 spiro atoms. The van der Waals surface area contributed by atoms with Crippen LogP contribution < -0.4 is 0 Å². The standard InChI is InChI=1S/C30H35NO2/c1-23(2)30(28-19-27(20-29(32)33-28)18-24-12-6-3-7-13-24)31(21-25-14-8-4-9-15-25)22-26-16-10-5-11-17-26/h3-17,23,27-28,30H,18-22H2,1-2H3/t27?,28?,30-/m0/s1. The first-order valence-electron chi connectivity index (χ1n) is 12.1. The van der Waals surface area contributed by atoms with E-state index in [1.807, 2.05) is 6.07 Å². The van der Waals surface area contributed by atoms with Gasteiger partial charge in [0.25, 0.3) is 0 Å². The van der Waals surface area contributed by atoms with Crippen molar-refractivity contribution in [3.63, 3.8) is 0 Å². The number of ether oxygens (including phenoxy) is 1. The number of carbonyl (C=O) groups is 1. The summed E-state index contributed by atoms with van der Waals surface area (Å²) in [5.74, 6) is 0.609. The van der Waals surface area contributed by atoms with Crippen LogP contribution >= 0.6 is 0 Å². The quantitative estimate of drug-likeness (QED) is 0.366. The Balaban J connectivity index is 1.58. The summed E-state index contributed by atoms with van der Waals surface area (Å²) < 4.78 is 6.05. The van der Waals surface area contributed by atoms with Crippen molar-refractivity contribution in [2.24, 2.45) is 11.8 Å². The first-order valence-corrected chi connectivity index (χ1v) is 12.1. The Labute approximate surface area is 198 Å². The minimum Gasteiger partial charge on any atom is -0.461 e. The molecule has 0 aliphatic carbocycles. The van der Waals surface area contributed by atoms with E-state index >= 15 is 0 Å². The average Bonchev–Trinajstić information content (AvgIpc) is 2.80. The Morgan fingerprint density at radius 2 is 1.27 bits per heavy atom. The summed E-state index contributed by atoms with van der Waals surface area (Å²) in [7, 11) is 0. The van der Waals surface area contributed by atoms with Crippen molar-refractivity contribution in [1.82, 2.24) is 4.90 Å². The van der Waals surface area contributed by atoms with Gasteiger partial charge in [0.2, 0.25) is 0 Å². The highest BCUT2D eigenvalue weighted by Crippen LogP contribution is 2.32. The monoisotopic (exact) mass is 441 g/mol. The van der Waals surface area contributed by atoms with E-state index in [0.717, 1.165) is 25.9 Å². The number of benzene rings is 3. The van der Waals surface area contributed by atoms with Crippen LogP contribution in [0, 0.1) is 11.8 Å². The van der Waals surface area contributed by atoms with Crippen molar-refractivity contribution >= 4 is 5.97 Å². The Kier molecular flexibility index (Phi) is 7.96. The van der Waals surface area contributed by atoms with E-state index in [0.29, 0.717) is 18.3 Å². The lowest BCUT2D eigenvalue weighted by molar-refractivity contribution is -0.163. The summed E-state index contributed by atoms with van der Waals surface area (Å²) >= 11 is 0. The number of hydrogen-bond donors (Lipinski definition) is 0. The van der Waals surface area contributed by atoms with E-state index in [1.54, 1.807) is 0 Å². The topological polar surface area (TPSA) is 29.5 Å². The molecule has 3 heteroatoms. The van der Waals surface area contributed by atoms with Gasteiger partial charge in [-0.1, -0.05) is 105 Å². The fraction of sp³-hybridized carbons (Fsp3) is 0.367. The van der Waals surface area contributed by atoms with E-state index in [9.17, 15) is 4.79 Å². The molecule has 1 aliphatic rings. The van der Waals surface area contributed by atoms with Gasteiger partial charge >= 0.3 is 5.97 Å². The second-order valence-electron chi connectivity index (χ2n) is 9.63. The van der Waals surface area contributed by atoms with Crippen molar-refractivity contribution in [3.05, 3.63) is 108 Å². The molecule has 3 nitrogen and oxygen atoms in total. The zero-order valence-electron chi connectivity index (χ0n) is 19.8. The van der Waals surface area contributed by atoms with Gasteiger partial charge in [-0.2, -0.15) is 0 Å². The van der Waals surface area contributed by atoms with Crippen LogP contribution in [0.5, 0.6) is 0 Å². The maximum atomic E-state index is 12.7.